The average Bonchev–Trinajstić information content (AvgIpc) is 3.22. The fourth-order valence-corrected chi connectivity index (χ4v) is 4.42. The van der Waals surface area contributed by atoms with Crippen LogP contribution in [0, 0.1) is 10.1 Å². The van der Waals surface area contributed by atoms with E-state index in [9.17, 15) is 19.7 Å². The molecule has 0 N–H and O–H groups in total. The zero-order valence-electron chi connectivity index (χ0n) is 15.3. The molecule has 10 heteroatoms. The summed E-state index contributed by atoms with van der Waals surface area (Å²) in [5, 5.41) is 14.3. The minimum Gasteiger partial charge on any atom is -0.422 e. The van der Waals surface area contributed by atoms with Gasteiger partial charge in [-0.15, -0.1) is 11.3 Å². The van der Waals surface area contributed by atoms with Crippen molar-refractivity contribution in [1.29, 1.82) is 0 Å². The zero-order valence-corrected chi connectivity index (χ0v) is 17.7. The number of benzene rings is 2. The molecule has 0 aliphatic carbocycles. The molecule has 0 atom stereocenters. The fourth-order valence-electron chi connectivity index (χ4n) is 3.22. The van der Waals surface area contributed by atoms with Gasteiger partial charge in [-0.25, -0.2) is 14.6 Å². The Balaban J connectivity index is 1.64. The summed E-state index contributed by atoms with van der Waals surface area (Å²) < 4.78 is 11.4. The third-order valence-corrected chi connectivity index (χ3v) is 6.01. The lowest BCUT2D eigenvalue weighted by atomic mass is 10.1. The highest BCUT2D eigenvalue weighted by Crippen LogP contribution is 2.31. The molecule has 0 aliphatic rings. The third-order valence-electron chi connectivity index (χ3n) is 4.64. The predicted molar refractivity (Wildman–Crippen MR) is 119 cm³/mol. The Bertz CT molecular complexity index is 1640. The van der Waals surface area contributed by atoms with Crippen LogP contribution in [0.4, 0.5) is 5.69 Å². The molecule has 3 heterocycles. The largest absolute Gasteiger partial charge is 0.422 e. The van der Waals surface area contributed by atoms with Gasteiger partial charge >= 0.3 is 16.9 Å². The average molecular weight is 497 g/mol. The number of hydrogen-bond acceptors (Lipinski definition) is 8. The van der Waals surface area contributed by atoms with E-state index in [-0.39, 0.29) is 22.4 Å². The molecule has 0 saturated heterocycles. The number of para-hydroxylation sites is 1. The summed E-state index contributed by atoms with van der Waals surface area (Å²) in [7, 11) is 0. The van der Waals surface area contributed by atoms with Crippen LogP contribution in [0.2, 0.25) is 0 Å². The van der Waals surface area contributed by atoms with Crippen molar-refractivity contribution < 1.29 is 13.8 Å². The molecule has 0 bridgehead atoms. The monoisotopic (exact) mass is 496 g/mol. The zero-order chi connectivity index (χ0) is 21.7. The highest BCUT2D eigenvalue weighted by atomic mass is 79.9. The van der Waals surface area contributed by atoms with Crippen molar-refractivity contribution in [3.63, 3.8) is 0 Å². The maximum Gasteiger partial charge on any atom is 0.346 e. The molecule has 152 valence electrons. The van der Waals surface area contributed by atoms with Gasteiger partial charge in [0, 0.05) is 26.7 Å². The van der Waals surface area contributed by atoms with Gasteiger partial charge in [-0.3, -0.25) is 10.1 Å². The lowest BCUT2D eigenvalue weighted by molar-refractivity contribution is -0.383. The number of nitrogens with zero attached hydrogens (tertiary/aromatic N) is 2. The lowest BCUT2D eigenvalue weighted by Gasteiger charge is -2.01. The molecule has 2 aromatic carbocycles. The highest BCUT2D eigenvalue weighted by Gasteiger charge is 2.19. The van der Waals surface area contributed by atoms with Crippen LogP contribution < -0.4 is 11.3 Å². The summed E-state index contributed by atoms with van der Waals surface area (Å²) in [6.45, 7) is 0. The molecule has 0 saturated carbocycles. The van der Waals surface area contributed by atoms with Crippen molar-refractivity contribution in [2.45, 2.75) is 0 Å². The van der Waals surface area contributed by atoms with Gasteiger partial charge < -0.3 is 8.83 Å². The van der Waals surface area contributed by atoms with Crippen LogP contribution in [0.3, 0.4) is 0 Å². The second-order valence-electron chi connectivity index (χ2n) is 6.57. The van der Waals surface area contributed by atoms with Gasteiger partial charge in [-0.05, 0) is 30.3 Å². The number of fused-ring (bicyclic) bond motifs is 2. The van der Waals surface area contributed by atoms with E-state index in [1.54, 1.807) is 29.6 Å². The molecule has 0 spiro atoms. The van der Waals surface area contributed by atoms with Crippen LogP contribution in [0.25, 0.3) is 43.8 Å². The van der Waals surface area contributed by atoms with E-state index >= 15 is 0 Å². The number of thiazole rings is 1. The molecule has 5 aromatic rings. The maximum absolute atomic E-state index is 12.5. The first-order valence-corrected chi connectivity index (χ1v) is 10.5. The van der Waals surface area contributed by atoms with Gasteiger partial charge in [-0.2, -0.15) is 0 Å². The minimum atomic E-state index is -0.753. The molecule has 0 amide bonds. The van der Waals surface area contributed by atoms with Crippen LogP contribution in [0.5, 0.6) is 0 Å². The Labute approximate surface area is 184 Å². The third kappa shape index (κ3) is 3.35. The summed E-state index contributed by atoms with van der Waals surface area (Å²) in [5.74, 6) is 0. The van der Waals surface area contributed by atoms with Crippen molar-refractivity contribution in [3.05, 3.63) is 89.3 Å². The van der Waals surface area contributed by atoms with Gasteiger partial charge in [0.05, 0.1) is 21.7 Å². The summed E-state index contributed by atoms with van der Waals surface area (Å²) in [4.78, 5) is 40.0. The SMILES string of the molecule is O=c1oc2ccc(Br)cc2cc1-c1csc(-c2cc3cccc([N+](=O)[O-])c3oc2=O)n1. The predicted octanol–water partition coefficient (Wildman–Crippen LogP) is 5.36. The molecule has 3 aromatic heterocycles. The highest BCUT2D eigenvalue weighted by molar-refractivity contribution is 9.10. The molecular weight excluding hydrogens is 488 g/mol. The Kier molecular flexibility index (Phi) is 4.53. The van der Waals surface area contributed by atoms with Crippen molar-refractivity contribution in [2.75, 3.05) is 0 Å². The standard InChI is InChI=1S/C21H9BrN2O6S/c22-12-4-5-17-11(6-12)8-13(20(25)29-17)15-9-31-19(23-15)14-7-10-2-1-3-16(24(27)28)18(10)30-21(14)26/h1-9H. The van der Waals surface area contributed by atoms with E-state index in [4.69, 9.17) is 8.83 Å². The van der Waals surface area contributed by atoms with Crippen LogP contribution in [-0.2, 0) is 0 Å². The van der Waals surface area contributed by atoms with Crippen LogP contribution in [0.1, 0.15) is 0 Å². The molecule has 0 radical (unpaired) electrons. The van der Waals surface area contributed by atoms with Crippen LogP contribution in [-0.4, -0.2) is 9.91 Å². The second-order valence-corrected chi connectivity index (χ2v) is 8.34. The van der Waals surface area contributed by atoms with E-state index in [0.29, 0.717) is 21.7 Å². The molecule has 0 fully saturated rings. The van der Waals surface area contributed by atoms with Crippen LogP contribution in [0.15, 0.2) is 76.8 Å². The maximum atomic E-state index is 12.5. The summed E-state index contributed by atoms with van der Waals surface area (Å²) >= 11 is 4.54. The van der Waals surface area contributed by atoms with Crippen molar-refractivity contribution in [1.82, 2.24) is 4.98 Å². The number of hydrogen-bond donors (Lipinski definition) is 0. The first-order chi connectivity index (χ1) is 14.9. The number of non-ortho nitro benzene ring substituents is 1. The minimum absolute atomic E-state index is 0.0984. The molecule has 0 unspecified atom stereocenters. The normalized spacial score (nSPS) is 11.3. The van der Waals surface area contributed by atoms with Gasteiger partial charge in [-0.1, -0.05) is 28.1 Å². The molecular formula is C21H9BrN2O6S. The fraction of sp³-hybridized carbons (Fsp3) is 0. The van der Waals surface area contributed by atoms with E-state index < -0.39 is 16.2 Å². The number of halogens is 1. The van der Waals surface area contributed by atoms with Gasteiger partial charge in [0.2, 0.25) is 5.58 Å². The van der Waals surface area contributed by atoms with Crippen LogP contribution >= 0.6 is 27.3 Å². The first-order valence-electron chi connectivity index (χ1n) is 8.81. The first kappa shape index (κ1) is 19.3. The topological polar surface area (TPSA) is 116 Å². The summed E-state index contributed by atoms with van der Waals surface area (Å²) in [5.41, 5.74) is -0.478. The van der Waals surface area contributed by atoms with Gasteiger partial charge in [0.1, 0.15) is 10.6 Å². The number of aromatic nitrogens is 1. The number of rotatable bonds is 3. The van der Waals surface area contributed by atoms with E-state index in [1.807, 2.05) is 6.07 Å². The van der Waals surface area contributed by atoms with Crippen molar-refractivity contribution >= 4 is 54.9 Å². The number of nitro benzene ring substituents is 1. The summed E-state index contributed by atoms with van der Waals surface area (Å²) in [6.07, 6.45) is 0. The van der Waals surface area contributed by atoms with E-state index in [0.717, 1.165) is 21.2 Å². The lowest BCUT2D eigenvalue weighted by Crippen LogP contribution is -2.05. The van der Waals surface area contributed by atoms with Crippen molar-refractivity contribution in [2.24, 2.45) is 0 Å². The quantitative estimate of drug-likeness (QED) is 0.187. The van der Waals surface area contributed by atoms with Gasteiger partial charge in [0.15, 0.2) is 0 Å². The van der Waals surface area contributed by atoms with Crippen molar-refractivity contribution in [3.8, 4) is 21.8 Å². The van der Waals surface area contributed by atoms with E-state index in [2.05, 4.69) is 20.9 Å². The molecule has 8 nitrogen and oxygen atoms in total. The smallest absolute Gasteiger partial charge is 0.346 e. The Hall–Kier alpha value is -3.63. The second kappa shape index (κ2) is 7.25. The Morgan fingerprint density at radius 3 is 2.55 bits per heavy atom. The van der Waals surface area contributed by atoms with E-state index in [1.165, 1.54) is 18.2 Å². The number of nitro groups is 1. The Morgan fingerprint density at radius 1 is 0.968 bits per heavy atom. The summed E-state index contributed by atoms with van der Waals surface area (Å²) in [6, 6.07) is 12.8. The Morgan fingerprint density at radius 2 is 1.74 bits per heavy atom. The molecule has 0 aliphatic heterocycles. The van der Waals surface area contributed by atoms with Gasteiger partial charge in [0.25, 0.3) is 0 Å². The molecule has 5 rings (SSSR count). The molecule has 31 heavy (non-hydrogen) atoms.